The fourth-order valence-corrected chi connectivity index (χ4v) is 0.841. The van der Waals surface area contributed by atoms with Gasteiger partial charge in [-0.25, -0.2) is 0 Å². The molecule has 0 saturated heterocycles. The highest BCUT2D eigenvalue weighted by atomic mass is 16.1. The minimum Gasteiger partial charge on any atom is -0.300 e. The summed E-state index contributed by atoms with van der Waals surface area (Å²) in [5.74, 6) is 0.342. The van der Waals surface area contributed by atoms with Crippen LogP contribution >= 0.6 is 0 Å². The zero-order chi connectivity index (χ0) is 8.85. The second-order valence-electron chi connectivity index (χ2n) is 2.87. The summed E-state index contributed by atoms with van der Waals surface area (Å²) in [6, 6.07) is 0. The molecule has 11 heavy (non-hydrogen) atoms. The molecule has 0 N–H and O–H groups in total. The summed E-state index contributed by atoms with van der Waals surface area (Å²) >= 11 is 0. The van der Waals surface area contributed by atoms with Crippen molar-refractivity contribution in [2.45, 2.75) is 27.2 Å². The highest BCUT2D eigenvalue weighted by Gasteiger charge is 2.06. The van der Waals surface area contributed by atoms with Crippen molar-refractivity contribution in [3.05, 3.63) is 24.3 Å². The Morgan fingerprint density at radius 1 is 1.64 bits per heavy atom. The van der Waals surface area contributed by atoms with Gasteiger partial charge in [0.05, 0.1) is 0 Å². The molecule has 0 rings (SSSR count). The standard InChI is InChI=1S/C10H16O/c1-5-6-8(2)7-9(3)10(4)11/h5-6,9H,2,7H2,1,3-4H3/b6-5-. The second-order valence-corrected chi connectivity index (χ2v) is 2.87. The quantitative estimate of drug-likeness (QED) is 0.566. The molecule has 1 atom stereocenters. The number of carbonyl (C=O) groups is 1. The lowest BCUT2D eigenvalue weighted by molar-refractivity contribution is -0.120. The first-order chi connectivity index (χ1) is 5.07. The number of hydrogen-bond acceptors (Lipinski definition) is 1. The number of carbonyl (C=O) groups excluding carboxylic acids is 1. The van der Waals surface area contributed by atoms with E-state index in [1.54, 1.807) is 6.92 Å². The highest BCUT2D eigenvalue weighted by molar-refractivity contribution is 5.78. The fraction of sp³-hybridized carbons (Fsp3) is 0.500. The second kappa shape index (κ2) is 4.89. The number of rotatable bonds is 4. The van der Waals surface area contributed by atoms with Gasteiger partial charge >= 0.3 is 0 Å². The molecule has 0 amide bonds. The monoisotopic (exact) mass is 152 g/mol. The van der Waals surface area contributed by atoms with E-state index in [1.807, 2.05) is 26.0 Å². The summed E-state index contributed by atoms with van der Waals surface area (Å²) in [6.07, 6.45) is 4.66. The lowest BCUT2D eigenvalue weighted by Gasteiger charge is -2.05. The fourth-order valence-electron chi connectivity index (χ4n) is 0.841. The Balaban J connectivity index is 3.85. The first-order valence-electron chi connectivity index (χ1n) is 3.88. The van der Waals surface area contributed by atoms with E-state index in [9.17, 15) is 4.79 Å². The van der Waals surface area contributed by atoms with Crippen molar-refractivity contribution in [1.29, 1.82) is 0 Å². The van der Waals surface area contributed by atoms with Gasteiger partial charge < -0.3 is 0 Å². The van der Waals surface area contributed by atoms with E-state index in [1.165, 1.54) is 0 Å². The van der Waals surface area contributed by atoms with Crippen LogP contribution in [0.4, 0.5) is 0 Å². The van der Waals surface area contributed by atoms with Crippen LogP contribution < -0.4 is 0 Å². The summed E-state index contributed by atoms with van der Waals surface area (Å²) in [5, 5.41) is 0. The maximum atomic E-state index is 10.8. The van der Waals surface area contributed by atoms with Gasteiger partial charge in [0.1, 0.15) is 5.78 Å². The van der Waals surface area contributed by atoms with Crippen molar-refractivity contribution in [3.63, 3.8) is 0 Å². The van der Waals surface area contributed by atoms with E-state index in [0.29, 0.717) is 0 Å². The van der Waals surface area contributed by atoms with Crippen molar-refractivity contribution in [1.82, 2.24) is 0 Å². The Morgan fingerprint density at radius 3 is 2.55 bits per heavy atom. The molecule has 1 unspecified atom stereocenters. The average molecular weight is 152 g/mol. The van der Waals surface area contributed by atoms with E-state index in [0.717, 1.165) is 12.0 Å². The van der Waals surface area contributed by atoms with Gasteiger partial charge in [-0.2, -0.15) is 0 Å². The van der Waals surface area contributed by atoms with Gasteiger partial charge in [-0.05, 0) is 20.3 Å². The summed E-state index contributed by atoms with van der Waals surface area (Å²) in [5.41, 5.74) is 1.02. The molecule has 62 valence electrons. The third kappa shape index (κ3) is 4.54. The Labute approximate surface area is 68.8 Å². The molecule has 0 aliphatic carbocycles. The summed E-state index contributed by atoms with van der Waals surface area (Å²) < 4.78 is 0. The Bertz CT molecular complexity index is 177. The predicted molar refractivity (Wildman–Crippen MR) is 48.4 cm³/mol. The molecule has 0 aliphatic rings. The van der Waals surface area contributed by atoms with Crippen molar-refractivity contribution < 1.29 is 4.79 Å². The molecule has 0 fully saturated rings. The Kier molecular flexibility index (Phi) is 4.51. The number of allylic oxidation sites excluding steroid dienone is 3. The minimum absolute atomic E-state index is 0.110. The maximum absolute atomic E-state index is 10.8. The molecular formula is C10H16O. The van der Waals surface area contributed by atoms with Crippen molar-refractivity contribution >= 4 is 5.78 Å². The smallest absolute Gasteiger partial charge is 0.132 e. The van der Waals surface area contributed by atoms with Crippen LogP contribution in [0.15, 0.2) is 24.3 Å². The first kappa shape index (κ1) is 10.2. The van der Waals surface area contributed by atoms with Gasteiger partial charge in [0.2, 0.25) is 0 Å². The van der Waals surface area contributed by atoms with E-state index >= 15 is 0 Å². The molecule has 0 bridgehead atoms. The van der Waals surface area contributed by atoms with Gasteiger partial charge in [-0.1, -0.05) is 31.2 Å². The van der Waals surface area contributed by atoms with Crippen LogP contribution in [-0.4, -0.2) is 5.78 Å². The molecular weight excluding hydrogens is 136 g/mol. The minimum atomic E-state index is 0.110. The Morgan fingerprint density at radius 2 is 2.18 bits per heavy atom. The summed E-state index contributed by atoms with van der Waals surface area (Å²) in [7, 11) is 0. The average Bonchev–Trinajstić information content (AvgIpc) is 1.87. The lowest BCUT2D eigenvalue weighted by atomic mass is 9.99. The predicted octanol–water partition coefficient (Wildman–Crippen LogP) is 2.73. The molecule has 1 heteroatoms. The summed E-state index contributed by atoms with van der Waals surface area (Å²) in [4.78, 5) is 10.8. The van der Waals surface area contributed by atoms with Crippen LogP contribution in [0.1, 0.15) is 27.2 Å². The molecule has 1 nitrogen and oxygen atoms in total. The van der Waals surface area contributed by atoms with Gasteiger partial charge in [0, 0.05) is 5.92 Å². The van der Waals surface area contributed by atoms with Gasteiger partial charge in [0.15, 0.2) is 0 Å². The van der Waals surface area contributed by atoms with Crippen LogP contribution in [0.3, 0.4) is 0 Å². The third-order valence-corrected chi connectivity index (χ3v) is 1.66. The van der Waals surface area contributed by atoms with Gasteiger partial charge in [0.25, 0.3) is 0 Å². The van der Waals surface area contributed by atoms with Crippen LogP contribution in [-0.2, 0) is 4.79 Å². The zero-order valence-corrected chi connectivity index (χ0v) is 7.55. The SMILES string of the molecule is C=C(/C=C\C)CC(C)C(C)=O. The van der Waals surface area contributed by atoms with E-state index in [-0.39, 0.29) is 11.7 Å². The summed E-state index contributed by atoms with van der Waals surface area (Å²) in [6.45, 7) is 9.32. The Hall–Kier alpha value is -0.850. The lowest BCUT2D eigenvalue weighted by Crippen LogP contribution is -2.05. The van der Waals surface area contributed by atoms with E-state index in [4.69, 9.17) is 0 Å². The number of Topliss-reactive ketones (excluding diaryl/α,β-unsaturated/α-hetero) is 1. The van der Waals surface area contributed by atoms with Crippen molar-refractivity contribution in [2.24, 2.45) is 5.92 Å². The molecule has 0 aromatic carbocycles. The van der Waals surface area contributed by atoms with E-state index in [2.05, 4.69) is 6.58 Å². The molecule has 0 spiro atoms. The van der Waals surface area contributed by atoms with Crippen LogP contribution in [0.25, 0.3) is 0 Å². The normalized spacial score (nSPS) is 13.4. The first-order valence-corrected chi connectivity index (χ1v) is 3.88. The van der Waals surface area contributed by atoms with Crippen molar-refractivity contribution in [3.8, 4) is 0 Å². The molecule has 0 saturated carbocycles. The largest absolute Gasteiger partial charge is 0.300 e. The molecule has 0 aromatic rings. The highest BCUT2D eigenvalue weighted by Crippen LogP contribution is 2.11. The third-order valence-electron chi connectivity index (χ3n) is 1.66. The van der Waals surface area contributed by atoms with Crippen LogP contribution in [0.2, 0.25) is 0 Å². The number of ketones is 1. The molecule has 0 heterocycles. The molecule has 0 radical (unpaired) electrons. The topological polar surface area (TPSA) is 17.1 Å². The van der Waals surface area contributed by atoms with Crippen LogP contribution in [0.5, 0.6) is 0 Å². The number of hydrogen-bond donors (Lipinski definition) is 0. The van der Waals surface area contributed by atoms with Crippen LogP contribution in [0, 0.1) is 5.92 Å². The zero-order valence-electron chi connectivity index (χ0n) is 7.55. The maximum Gasteiger partial charge on any atom is 0.132 e. The molecule has 0 aromatic heterocycles. The van der Waals surface area contributed by atoms with Gasteiger partial charge in [-0.15, -0.1) is 0 Å². The van der Waals surface area contributed by atoms with Crippen molar-refractivity contribution in [2.75, 3.05) is 0 Å². The van der Waals surface area contributed by atoms with Gasteiger partial charge in [-0.3, -0.25) is 4.79 Å². The van der Waals surface area contributed by atoms with E-state index < -0.39 is 0 Å². The molecule has 0 aliphatic heterocycles.